The maximum absolute atomic E-state index is 12.6. The first-order valence-electron chi connectivity index (χ1n) is 11.4. The Bertz CT molecular complexity index is 1090. The highest BCUT2D eigenvalue weighted by molar-refractivity contribution is 6.07. The molecule has 1 aromatic carbocycles. The smallest absolute Gasteiger partial charge is 0.222 e. The summed E-state index contributed by atoms with van der Waals surface area (Å²) < 4.78 is 2.25. The Morgan fingerprint density at radius 3 is 2.62 bits per heavy atom. The largest absolute Gasteiger partial charge is 0.404 e. The lowest BCUT2D eigenvalue weighted by Gasteiger charge is -2.32. The number of allylic oxidation sites excluding steroid dienone is 1. The summed E-state index contributed by atoms with van der Waals surface area (Å²) in [6.07, 6.45) is 9.28. The van der Waals surface area contributed by atoms with E-state index in [1.807, 2.05) is 23.1 Å². The van der Waals surface area contributed by atoms with Gasteiger partial charge in [0.05, 0.1) is 16.7 Å². The van der Waals surface area contributed by atoms with Gasteiger partial charge in [-0.3, -0.25) is 4.79 Å². The summed E-state index contributed by atoms with van der Waals surface area (Å²) in [5.74, 6) is 0.845. The highest BCUT2D eigenvalue weighted by Crippen LogP contribution is 2.24. The second-order valence-corrected chi connectivity index (χ2v) is 8.50. The van der Waals surface area contributed by atoms with Crippen LogP contribution in [0.3, 0.4) is 0 Å². The third-order valence-corrected chi connectivity index (χ3v) is 6.38. The number of rotatable bonds is 8. The quantitative estimate of drug-likeness (QED) is 0.525. The van der Waals surface area contributed by atoms with Gasteiger partial charge in [-0.15, -0.1) is 0 Å². The maximum Gasteiger partial charge on any atom is 0.222 e. The molecule has 4 rings (SSSR count). The predicted molar refractivity (Wildman–Crippen MR) is 129 cm³/mol. The van der Waals surface area contributed by atoms with Crippen molar-refractivity contribution in [3.8, 4) is 0 Å². The van der Waals surface area contributed by atoms with E-state index in [2.05, 4.69) is 46.1 Å². The number of carbonyl (C=O) groups is 1. The van der Waals surface area contributed by atoms with Crippen LogP contribution >= 0.6 is 0 Å². The third kappa shape index (κ3) is 5.07. The molecule has 1 fully saturated rings. The number of aromatic nitrogens is 2. The number of nitrogens with two attached hydrogens (primary N) is 1. The molecule has 32 heavy (non-hydrogen) atoms. The first-order valence-corrected chi connectivity index (χ1v) is 11.4. The molecule has 1 amide bonds. The fraction of sp³-hybridized carbons (Fsp3) is 0.346. The van der Waals surface area contributed by atoms with E-state index in [-0.39, 0.29) is 5.91 Å². The first kappa shape index (κ1) is 21.8. The number of amides is 1. The predicted octanol–water partition coefficient (Wildman–Crippen LogP) is 4.25. The lowest BCUT2D eigenvalue weighted by molar-refractivity contribution is -0.132. The van der Waals surface area contributed by atoms with Gasteiger partial charge in [0, 0.05) is 50.2 Å². The fourth-order valence-corrected chi connectivity index (χ4v) is 4.49. The van der Waals surface area contributed by atoms with E-state index in [1.54, 1.807) is 0 Å². The molecule has 1 saturated heterocycles. The van der Waals surface area contributed by atoms with Crippen LogP contribution in [0.15, 0.2) is 60.9 Å². The van der Waals surface area contributed by atoms with Crippen molar-refractivity contribution in [1.82, 2.24) is 14.5 Å². The number of benzene rings is 1. The van der Waals surface area contributed by atoms with Crippen LogP contribution in [0.5, 0.6) is 0 Å². The van der Waals surface area contributed by atoms with Crippen LogP contribution in [-0.2, 0) is 17.8 Å². The molecule has 6 heteroatoms. The zero-order valence-electron chi connectivity index (χ0n) is 18.4. The summed E-state index contributed by atoms with van der Waals surface area (Å²) in [6.45, 7) is 2.63. The van der Waals surface area contributed by atoms with E-state index in [9.17, 15) is 4.79 Å². The molecule has 3 N–H and O–H groups in total. The Kier molecular flexibility index (Phi) is 7.00. The van der Waals surface area contributed by atoms with Crippen LogP contribution in [-0.4, -0.2) is 39.7 Å². The van der Waals surface area contributed by atoms with Crippen molar-refractivity contribution in [2.75, 3.05) is 13.1 Å². The molecule has 0 bridgehead atoms. The highest BCUT2D eigenvalue weighted by Gasteiger charge is 2.23. The number of fused-ring (bicyclic) bond motifs is 1. The number of carbonyl (C=O) groups excluding carboxylic acids is 1. The van der Waals surface area contributed by atoms with Gasteiger partial charge >= 0.3 is 0 Å². The zero-order valence-corrected chi connectivity index (χ0v) is 18.4. The molecule has 0 spiro atoms. The number of piperidine rings is 1. The van der Waals surface area contributed by atoms with E-state index >= 15 is 0 Å². The van der Waals surface area contributed by atoms with Crippen LogP contribution in [0.25, 0.3) is 16.6 Å². The van der Waals surface area contributed by atoms with Gasteiger partial charge in [-0.05, 0) is 55.4 Å². The van der Waals surface area contributed by atoms with Crippen molar-refractivity contribution < 1.29 is 4.79 Å². The molecule has 1 aliphatic heterocycles. The Hall–Kier alpha value is -3.41. The molecule has 3 aromatic rings. The highest BCUT2D eigenvalue weighted by atomic mass is 16.2. The van der Waals surface area contributed by atoms with Crippen LogP contribution in [0, 0.1) is 11.3 Å². The number of nitrogens with one attached hydrogen (secondary N) is 1. The second-order valence-electron chi connectivity index (χ2n) is 8.50. The summed E-state index contributed by atoms with van der Waals surface area (Å²) in [7, 11) is 0. The Labute approximate surface area is 189 Å². The van der Waals surface area contributed by atoms with Crippen molar-refractivity contribution in [3.05, 3.63) is 72.2 Å². The number of hydrogen-bond acceptors (Lipinski definition) is 4. The Morgan fingerprint density at radius 2 is 1.91 bits per heavy atom. The minimum Gasteiger partial charge on any atom is -0.404 e. The molecule has 0 aliphatic carbocycles. The van der Waals surface area contributed by atoms with Gasteiger partial charge in [0.15, 0.2) is 0 Å². The molecule has 0 radical (unpaired) electrons. The molecule has 2 aromatic heterocycles. The van der Waals surface area contributed by atoms with E-state index in [0.717, 1.165) is 56.4 Å². The number of aryl methyl sites for hydroxylation is 1. The maximum atomic E-state index is 12.6. The van der Waals surface area contributed by atoms with Crippen molar-refractivity contribution in [2.24, 2.45) is 11.7 Å². The monoisotopic (exact) mass is 429 g/mol. The molecule has 6 nitrogen and oxygen atoms in total. The van der Waals surface area contributed by atoms with Crippen LogP contribution in [0.2, 0.25) is 0 Å². The van der Waals surface area contributed by atoms with Crippen LogP contribution in [0.1, 0.15) is 36.9 Å². The lowest BCUT2D eigenvalue weighted by Crippen LogP contribution is -2.39. The minimum absolute atomic E-state index is 0.289. The van der Waals surface area contributed by atoms with Gasteiger partial charge < -0.3 is 20.6 Å². The molecule has 3 heterocycles. The summed E-state index contributed by atoms with van der Waals surface area (Å²) in [5, 5.41) is 7.46. The number of hydrogen-bond donors (Lipinski definition) is 2. The topological polar surface area (TPSA) is 88.0 Å². The standard InChI is InChI=1S/C26H31N5O/c27-17-22(18-28)23-9-10-25-24(29-23)13-16-31(25)19-21-11-14-30(15-12-21)26(32)8-4-7-20-5-2-1-3-6-20/h1-3,5-6,9-10,13,16-18,21,27H,4,7-8,11-12,14-15,19,28H2/b22-18+,27-17?. The van der Waals surface area contributed by atoms with Gasteiger partial charge in [-0.1, -0.05) is 30.3 Å². The molecule has 0 atom stereocenters. The molecule has 166 valence electrons. The van der Waals surface area contributed by atoms with E-state index in [4.69, 9.17) is 11.1 Å². The van der Waals surface area contributed by atoms with Gasteiger partial charge in [-0.25, -0.2) is 4.98 Å². The van der Waals surface area contributed by atoms with Gasteiger partial charge in [0.2, 0.25) is 5.91 Å². The van der Waals surface area contributed by atoms with E-state index in [0.29, 0.717) is 23.6 Å². The Morgan fingerprint density at radius 1 is 1.12 bits per heavy atom. The summed E-state index contributed by atoms with van der Waals surface area (Å²) >= 11 is 0. The summed E-state index contributed by atoms with van der Waals surface area (Å²) in [6, 6.07) is 16.4. The van der Waals surface area contributed by atoms with Crippen LogP contribution < -0.4 is 5.73 Å². The molecule has 0 unspecified atom stereocenters. The van der Waals surface area contributed by atoms with Gasteiger partial charge in [0.1, 0.15) is 0 Å². The average Bonchev–Trinajstić information content (AvgIpc) is 3.23. The van der Waals surface area contributed by atoms with E-state index < -0.39 is 0 Å². The van der Waals surface area contributed by atoms with Gasteiger partial charge in [-0.2, -0.15) is 0 Å². The van der Waals surface area contributed by atoms with Gasteiger partial charge in [0.25, 0.3) is 0 Å². The normalized spacial score (nSPS) is 15.2. The Balaban J connectivity index is 1.28. The van der Waals surface area contributed by atoms with E-state index in [1.165, 1.54) is 18.0 Å². The lowest BCUT2D eigenvalue weighted by atomic mass is 9.96. The number of pyridine rings is 1. The average molecular weight is 430 g/mol. The zero-order chi connectivity index (χ0) is 22.3. The SMILES string of the molecule is N=C/C(=C\N)c1ccc2c(ccn2CC2CCN(C(=O)CCCc3ccccc3)CC2)n1. The fourth-order valence-electron chi connectivity index (χ4n) is 4.49. The van der Waals surface area contributed by atoms with Crippen molar-refractivity contribution in [2.45, 2.75) is 38.6 Å². The molecule has 1 aliphatic rings. The minimum atomic E-state index is 0.289. The third-order valence-electron chi connectivity index (χ3n) is 6.38. The molecule has 0 saturated carbocycles. The molecular formula is C26H31N5O. The van der Waals surface area contributed by atoms with Crippen molar-refractivity contribution in [3.63, 3.8) is 0 Å². The van der Waals surface area contributed by atoms with Crippen molar-refractivity contribution >= 4 is 28.7 Å². The summed E-state index contributed by atoms with van der Waals surface area (Å²) in [4.78, 5) is 19.3. The summed E-state index contributed by atoms with van der Waals surface area (Å²) in [5.41, 5.74) is 10.2. The number of likely N-dealkylation sites (tertiary alicyclic amines) is 1. The van der Waals surface area contributed by atoms with Crippen molar-refractivity contribution in [1.29, 1.82) is 5.41 Å². The first-order chi connectivity index (χ1) is 15.7. The van der Waals surface area contributed by atoms with Crippen LogP contribution in [0.4, 0.5) is 0 Å². The molecular weight excluding hydrogens is 398 g/mol. The second kappa shape index (κ2) is 10.3. The number of nitrogens with zero attached hydrogens (tertiary/aromatic N) is 3.